The van der Waals surface area contributed by atoms with E-state index in [1.807, 2.05) is 30.3 Å². The molecule has 0 N–H and O–H groups in total. The van der Waals surface area contributed by atoms with Gasteiger partial charge in [0.2, 0.25) is 5.89 Å². The lowest BCUT2D eigenvalue weighted by molar-refractivity contribution is -0.243. The van der Waals surface area contributed by atoms with Gasteiger partial charge in [-0.05, 0) is 25.0 Å². The van der Waals surface area contributed by atoms with Crippen LogP contribution in [0.2, 0.25) is 0 Å². The number of ether oxygens (including phenoxy) is 2. The summed E-state index contributed by atoms with van der Waals surface area (Å²) in [5, 5.41) is 0. The SMILES string of the molecule is CC1(C)[C@@H]2OCCC[C@H]2[C@@H]1OC(=O)c1coc(-c2ccccc2)n1. The minimum Gasteiger partial charge on any atom is -0.456 e. The Kier molecular flexibility index (Phi) is 3.68. The van der Waals surface area contributed by atoms with Crippen molar-refractivity contribution in [3.63, 3.8) is 0 Å². The highest BCUT2D eigenvalue weighted by Crippen LogP contribution is 2.53. The number of benzene rings is 1. The lowest BCUT2D eigenvalue weighted by Crippen LogP contribution is -2.65. The quantitative estimate of drug-likeness (QED) is 0.804. The summed E-state index contributed by atoms with van der Waals surface area (Å²) in [5.74, 6) is 0.288. The normalized spacial score (nSPS) is 27.8. The summed E-state index contributed by atoms with van der Waals surface area (Å²) >= 11 is 0. The number of carbonyl (C=O) groups excluding carboxylic acids is 1. The molecule has 3 atom stereocenters. The molecule has 0 bridgehead atoms. The third kappa shape index (κ3) is 2.44. The molecular weight excluding hydrogens is 306 g/mol. The Morgan fingerprint density at radius 3 is 2.88 bits per heavy atom. The molecule has 2 aliphatic rings. The number of hydrogen-bond acceptors (Lipinski definition) is 5. The third-order valence-corrected chi connectivity index (χ3v) is 5.19. The number of oxazole rings is 1. The third-order valence-electron chi connectivity index (χ3n) is 5.19. The van der Waals surface area contributed by atoms with Crippen molar-refractivity contribution in [2.75, 3.05) is 6.61 Å². The van der Waals surface area contributed by atoms with E-state index < -0.39 is 5.97 Å². The van der Waals surface area contributed by atoms with E-state index in [0.717, 1.165) is 25.0 Å². The maximum atomic E-state index is 12.5. The van der Waals surface area contributed by atoms with Crippen molar-refractivity contribution >= 4 is 5.97 Å². The Morgan fingerprint density at radius 1 is 1.29 bits per heavy atom. The zero-order valence-electron chi connectivity index (χ0n) is 13.9. The van der Waals surface area contributed by atoms with Gasteiger partial charge in [-0.2, -0.15) is 0 Å². The van der Waals surface area contributed by atoms with Crippen LogP contribution in [0.1, 0.15) is 37.2 Å². The van der Waals surface area contributed by atoms with Gasteiger partial charge in [-0.3, -0.25) is 0 Å². The van der Waals surface area contributed by atoms with Gasteiger partial charge in [0.05, 0.1) is 6.10 Å². The van der Waals surface area contributed by atoms with Crippen LogP contribution >= 0.6 is 0 Å². The number of rotatable bonds is 3. The molecule has 0 amide bonds. The summed E-state index contributed by atoms with van der Waals surface area (Å²) in [6, 6.07) is 9.50. The first-order valence-electron chi connectivity index (χ1n) is 8.41. The molecule has 1 saturated heterocycles. The second-order valence-electron chi connectivity index (χ2n) is 7.15. The summed E-state index contributed by atoms with van der Waals surface area (Å²) in [6.45, 7) is 4.99. The van der Waals surface area contributed by atoms with Crippen molar-refractivity contribution in [3.8, 4) is 11.5 Å². The summed E-state index contributed by atoms with van der Waals surface area (Å²) in [7, 11) is 0. The summed E-state index contributed by atoms with van der Waals surface area (Å²) < 4.78 is 17.0. The van der Waals surface area contributed by atoms with Crippen molar-refractivity contribution in [1.82, 2.24) is 4.98 Å². The summed E-state index contributed by atoms with van der Waals surface area (Å²) in [6.07, 6.45) is 3.48. The van der Waals surface area contributed by atoms with Gasteiger partial charge in [0, 0.05) is 23.5 Å². The maximum Gasteiger partial charge on any atom is 0.360 e. The van der Waals surface area contributed by atoms with Gasteiger partial charge >= 0.3 is 5.97 Å². The molecular formula is C19H21NO4. The fourth-order valence-corrected chi connectivity index (χ4v) is 3.97. The highest BCUT2D eigenvalue weighted by Gasteiger charge is 2.60. The number of fused-ring (bicyclic) bond motifs is 1. The maximum absolute atomic E-state index is 12.5. The highest BCUT2D eigenvalue weighted by molar-refractivity contribution is 5.87. The minimum atomic E-state index is -0.428. The van der Waals surface area contributed by atoms with Crippen LogP contribution in [0, 0.1) is 11.3 Å². The van der Waals surface area contributed by atoms with Crippen molar-refractivity contribution in [1.29, 1.82) is 0 Å². The van der Waals surface area contributed by atoms with Crippen molar-refractivity contribution in [2.24, 2.45) is 11.3 Å². The molecule has 24 heavy (non-hydrogen) atoms. The Balaban J connectivity index is 1.48. The Bertz CT molecular complexity index is 737. The van der Waals surface area contributed by atoms with Crippen molar-refractivity contribution < 1.29 is 18.7 Å². The summed E-state index contributed by atoms with van der Waals surface area (Å²) in [5.41, 5.74) is 0.887. The van der Waals surface area contributed by atoms with E-state index in [1.165, 1.54) is 6.26 Å². The van der Waals surface area contributed by atoms with Crippen LogP contribution in [0.25, 0.3) is 11.5 Å². The number of carbonyl (C=O) groups is 1. The molecule has 1 aromatic carbocycles. The molecule has 1 saturated carbocycles. The van der Waals surface area contributed by atoms with E-state index >= 15 is 0 Å². The highest BCUT2D eigenvalue weighted by atomic mass is 16.6. The Morgan fingerprint density at radius 2 is 2.08 bits per heavy atom. The average molecular weight is 327 g/mol. The first kappa shape index (κ1) is 15.4. The van der Waals surface area contributed by atoms with Crippen molar-refractivity contribution in [2.45, 2.75) is 38.9 Å². The van der Waals surface area contributed by atoms with E-state index in [-0.39, 0.29) is 29.2 Å². The largest absolute Gasteiger partial charge is 0.456 e. The van der Waals surface area contributed by atoms with Crippen molar-refractivity contribution in [3.05, 3.63) is 42.3 Å². The number of nitrogens with zero attached hydrogens (tertiary/aromatic N) is 1. The molecule has 0 unspecified atom stereocenters. The Hall–Kier alpha value is -2.14. The molecule has 126 valence electrons. The molecule has 1 aromatic heterocycles. The molecule has 1 aliphatic heterocycles. The monoisotopic (exact) mass is 327 g/mol. The predicted octanol–water partition coefficient (Wildman–Crippen LogP) is 3.70. The lowest BCUT2D eigenvalue weighted by Gasteiger charge is -2.58. The number of esters is 1. The number of aromatic nitrogens is 1. The van der Waals surface area contributed by atoms with E-state index in [0.29, 0.717) is 5.89 Å². The number of hydrogen-bond donors (Lipinski definition) is 0. The molecule has 5 nitrogen and oxygen atoms in total. The van der Waals surface area contributed by atoms with Gasteiger partial charge in [-0.15, -0.1) is 0 Å². The van der Waals surface area contributed by atoms with E-state index in [9.17, 15) is 4.79 Å². The van der Waals surface area contributed by atoms with E-state index in [1.54, 1.807) is 0 Å². The Labute approximate surface area is 141 Å². The fourth-order valence-electron chi connectivity index (χ4n) is 3.97. The minimum absolute atomic E-state index is 0.132. The van der Waals surface area contributed by atoms with Gasteiger partial charge in [-0.25, -0.2) is 9.78 Å². The van der Waals surface area contributed by atoms with Crippen LogP contribution < -0.4 is 0 Å². The molecule has 2 aromatic rings. The smallest absolute Gasteiger partial charge is 0.360 e. The zero-order chi connectivity index (χ0) is 16.7. The van der Waals surface area contributed by atoms with Gasteiger partial charge in [0.15, 0.2) is 5.69 Å². The first-order valence-corrected chi connectivity index (χ1v) is 8.41. The molecule has 0 radical (unpaired) electrons. The van der Waals surface area contributed by atoms with Crippen LogP contribution in [0.15, 0.2) is 41.0 Å². The van der Waals surface area contributed by atoms with Gasteiger partial charge < -0.3 is 13.9 Å². The van der Waals surface area contributed by atoms with Gasteiger partial charge in [-0.1, -0.05) is 32.0 Å². The van der Waals surface area contributed by atoms with E-state index in [2.05, 4.69) is 18.8 Å². The zero-order valence-corrected chi connectivity index (χ0v) is 13.9. The van der Waals surface area contributed by atoms with Crippen LogP contribution in [-0.2, 0) is 9.47 Å². The molecule has 2 fully saturated rings. The average Bonchev–Trinajstić information content (AvgIpc) is 3.10. The predicted molar refractivity (Wildman–Crippen MR) is 87.4 cm³/mol. The molecule has 5 heteroatoms. The van der Waals surface area contributed by atoms with Gasteiger partial charge in [0.1, 0.15) is 12.4 Å². The van der Waals surface area contributed by atoms with Crippen LogP contribution in [0.4, 0.5) is 0 Å². The van der Waals surface area contributed by atoms with Gasteiger partial charge in [0.25, 0.3) is 0 Å². The first-order chi connectivity index (χ1) is 11.6. The van der Waals surface area contributed by atoms with Crippen LogP contribution in [-0.4, -0.2) is 29.8 Å². The molecule has 4 rings (SSSR count). The standard InChI is InChI=1S/C19H21NO4/c1-19(2)15-13(9-6-10-22-15)16(19)24-18(21)14-11-23-17(20-14)12-7-4-3-5-8-12/h3-5,7-8,11,13,15-16H,6,9-10H2,1-2H3/t13-,15-,16+/m1/s1. The van der Waals surface area contributed by atoms with Crippen LogP contribution in [0.3, 0.4) is 0 Å². The second kappa shape index (κ2) is 5.74. The molecule has 1 aliphatic carbocycles. The van der Waals surface area contributed by atoms with Crippen LogP contribution in [0.5, 0.6) is 0 Å². The van der Waals surface area contributed by atoms with E-state index in [4.69, 9.17) is 13.9 Å². The second-order valence-corrected chi connectivity index (χ2v) is 7.15. The topological polar surface area (TPSA) is 61.6 Å². The molecule has 2 heterocycles. The molecule has 0 spiro atoms. The fraction of sp³-hybridized carbons (Fsp3) is 0.474. The summed E-state index contributed by atoms with van der Waals surface area (Å²) in [4.78, 5) is 16.7. The lowest BCUT2D eigenvalue weighted by atomic mass is 9.57.